The van der Waals surface area contributed by atoms with Crippen molar-refractivity contribution in [3.8, 4) is 5.75 Å². The summed E-state index contributed by atoms with van der Waals surface area (Å²) in [6.45, 7) is 8.17. The maximum atomic E-state index is 13.5. The zero-order valence-corrected chi connectivity index (χ0v) is 19.5. The molecule has 0 bridgehead atoms. The number of hydrogen-bond donors (Lipinski definition) is 1. The van der Waals surface area contributed by atoms with Crippen molar-refractivity contribution < 1.29 is 19.1 Å². The van der Waals surface area contributed by atoms with Crippen LogP contribution >= 0.6 is 0 Å². The molecule has 7 nitrogen and oxygen atoms in total. The lowest BCUT2D eigenvalue weighted by atomic mass is 10.0. The van der Waals surface area contributed by atoms with E-state index in [0.717, 1.165) is 18.8 Å². The molecular weight excluding hydrogens is 418 g/mol. The molecule has 2 aromatic rings. The molecule has 0 radical (unpaired) electrons. The molecule has 2 aromatic carbocycles. The summed E-state index contributed by atoms with van der Waals surface area (Å²) in [5, 5.41) is 3.23. The number of imide groups is 1. The van der Waals surface area contributed by atoms with Crippen LogP contribution in [0.4, 0.5) is 5.69 Å². The van der Waals surface area contributed by atoms with Crippen LogP contribution in [0.25, 0.3) is 5.57 Å². The van der Waals surface area contributed by atoms with E-state index in [4.69, 9.17) is 9.47 Å². The minimum absolute atomic E-state index is 0.281. The molecule has 0 aliphatic carbocycles. The van der Waals surface area contributed by atoms with Crippen LogP contribution in [0.2, 0.25) is 0 Å². The fourth-order valence-electron chi connectivity index (χ4n) is 4.16. The van der Waals surface area contributed by atoms with Crippen molar-refractivity contribution in [2.45, 2.75) is 19.8 Å². The molecule has 2 aliphatic heterocycles. The molecule has 0 unspecified atom stereocenters. The third-order valence-electron chi connectivity index (χ3n) is 6.13. The lowest BCUT2D eigenvalue weighted by Crippen LogP contribution is -2.43. The van der Waals surface area contributed by atoms with E-state index in [9.17, 15) is 9.59 Å². The zero-order valence-electron chi connectivity index (χ0n) is 19.5. The molecule has 7 heteroatoms. The number of anilines is 1. The molecular formula is C26H31N3O4. The number of carbonyl (C=O) groups excluding carboxylic acids is 2. The fourth-order valence-corrected chi connectivity index (χ4v) is 4.16. The summed E-state index contributed by atoms with van der Waals surface area (Å²) in [4.78, 5) is 30.5. The Hall–Kier alpha value is -3.16. The quantitative estimate of drug-likeness (QED) is 0.624. The number of carbonyl (C=O) groups is 2. The van der Waals surface area contributed by atoms with E-state index in [1.54, 1.807) is 13.2 Å². The van der Waals surface area contributed by atoms with Gasteiger partial charge in [0.05, 0.1) is 25.9 Å². The lowest BCUT2D eigenvalue weighted by molar-refractivity contribution is -0.137. The Bertz CT molecular complexity index is 1040. The highest BCUT2D eigenvalue weighted by atomic mass is 16.5. The Morgan fingerprint density at radius 3 is 2.33 bits per heavy atom. The summed E-state index contributed by atoms with van der Waals surface area (Å²) in [5.41, 5.74) is 3.20. The van der Waals surface area contributed by atoms with Crippen molar-refractivity contribution >= 4 is 23.1 Å². The minimum atomic E-state index is -0.317. The molecule has 4 rings (SSSR count). The highest BCUT2D eigenvalue weighted by Crippen LogP contribution is 2.35. The van der Waals surface area contributed by atoms with Gasteiger partial charge in [-0.3, -0.25) is 19.4 Å². The normalized spacial score (nSPS) is 17.3. The van der Waals surface area contributed by atoms with Gasteiger partial charge in [0.25, 0.3) is 11.8 Å². The van der Waals surface area contributed by atoms with Crippen LogP contribution in [0.5, 0.6) is 5.75 Å². The Kier molecular flexibility index (Phi) is 7.11. The second kappa shape index (κ2) is 10.2. The van der Waals surface area contributed by atoms with E-state index in [1.165, 1.54) is 10.5 Å². The summed E-state index contributed by atoms with van der Waals surface area (Å²) in [6.07, 6.45) is 0. The molecule has 0 spiro atoms. The number of rotatable bonds is 8. The first-order valence-electron chi connectivity index (χ1n) is 11.4. The first kappa shape index (κ1) is 23.0. The molecule has 1 saturated heterocycles. The van der Waals surface area contributed by atoms with Crippen LogP contribution in [0, 0.1) is 0 Å². The van der Waals surface area contributed by atoms with Gasteiger partial charge in [-0.05, 0) is 29.7 Å². The average Bonchev–Trinajstić information content (AvgIpc) is 3.07. The van der Waals surface area contributed by atoms with Crippen LogP contribution in [0.1, 0.15) is 30.9 Å². The number of amides is 2. The average molecular weight is 450 g/mol. The summed E-state index contributed by atoms with van der Waals surface area (Å²) in [7, 11) is 1.56. The first-order valence-corrected chi connectivity index (χ1v) is 11.4. The van der Waals surface area contributed by atoms with Crippen molar-refractivity contribution in [1.29, 1.82) is 0 Å². The van der Waals surface area contributed by atoms with E-state index >= 15 is 0 Å². The van der Waals surface area contributed by atoms with Gasteiger partial charge in [-0.25, -0.2) is 0 Å². The molecule has 2 amide bonds. The molecule has 0 atom stereocenters. The van der Waals surface area contributed by atoms with Crippen molar-refractivity contribution in [3.05, 3.63) is 65.4 Å². The third-order valence-corrected chi connectivity index (χ3v) is 6.13. The van der Waals surface area contributed by atoms with Gasteiger partial charge >= 0.3 is 0 Å². The highest BCUT2D eigenvalue weighted by Gasteiger charge is 2.40. The Morgan fingerprint density at radius 2 is 1.67 bits per heavy atom. The SMILES string of the molecule is COc1ccccc1C1=C(Nc2ccc(C(C)C)cc2)C(=O)N(CCN2CCOCC2)C1=O. The van der Waals surface area contributed by atoms with Crippen molar-refractivity contribution in [3.63, 3.8) is 0 Å². The number of para-hydroxylation sites is 1. The van der Waals surface area contributed by atoms with Gasteiger partial charge in [0.1, 0.15) is 11.4 Å². The number of benzene rings is 2. The topological polar surface area (TPSA) is 71.1 Å². The number of nitrogens with one attached hydrogen (secondary N) is 1. The minimum Gasteiger partial charge on any atom is -0.496 e. The van der Waals surface area contributed by atoms with Crippen LogP contribution in [-0.2, 0) is 14.3 Å². The molecule has 174 valence electrons. The standard InChI is InChI=1S/C26H31N3O4/c1-18(2)19-8-10-20(11-9-19)27-24-23(21-6-4-5-7-22(21)32-3)25(30)29(26(24)31)13-12-28-14-16-33-17-15-28/h4-11,18,27H,12-17H2,1-3H3. The number of hydrogen-bond acceptors (Lipinski definition) is 6. The first-order chi connectivity index (χ1) is 16.0. The Balaban J connectivity index is 1.65. The zero-order chi connectivity index (χ0) is 23.4. The monoisotopic (exact) mass is 449 g/mol. The maximum Gasteiger partial charge on any atom is 0.278 e. The van der Waals surface area contributed by atoms with Gasteiger partial charge in [-0.1, -0.05) is 44.2 Å². The van der Waals surface area contributed by atoms with Crippen molar-refractivity contribution in [1.82, 2.24) is 9.80 Å². The van der Waals surface area contributed by atoms with Crippen molar-refractivity contribution in [2.75, 3.05) is 51.8 Å². The predicted octanol–water partition coefficient (Wildman–Crippen LogP) is 3.34. The van der Waals surface area contributed by atoms with E-state index in [2.05, 4.69) is 24.1 Å². The van der Waals surface area contributed by atoms with Gasteiger partial charge in [-0.2, -0.15) is 0 Å². The van der Waals surface area contributed by atoms with Crippen LogP contribution in [0.15, 0.2) is 54.2 Å². The third kappa shape index (κ3) is 4.94. The van der Waals surface area contributed by atoms with Crippen LogP contribution in [-0.4, -0.2) is 68.1 Å². The van der Waals surface area contributed by atoms with Crippen molar-refractivity contribution in [2.24, 2.45) is 0 Å². The molecule has 33 heavy (non-hydrogen) atoms. The summed E-state index contributed by atoms with van der Waals surface area (Å²) in [6, 6.07) is 15.3. The largest absolute Gasteiger partial charge is 0.496 e. The number of ether oxygens (including phenoxy) is 2. The van der Waals surface area contributed by atoms with Crippen LogP contribution < -0.4 is 10.1 Å². The van der Waals surface area contributed by atoms with Gasteiger partial charge < -0.3 is 14.8 Å². The molecule has 2 aliphatic rings. The molecule has 0 aromatic heterocycles. The van der Waals surface area contributed by atoms with Gasteiger partial charge in [0.2, 0.25) is 0 Å². The maximum absolute atomic E-state index is 13.5. The second-order valence-electron chi connectivity index (χ2n) is 8.57. The highest BCUT2D eigenvalue weighted by molar-refractivity contribution is 6.37. The number of nitrogens with zero attached hydrogens (tertiary/aromatic N) is 2. The summed E-state index contributed by atoms with van der Waals surface area (Å²) in [5.74, 6) is 0.340. The van der Waals surface area contributed by atoms with E-state index < -0.39 is 0 Å². The van der Waals surface area contributed by atoms with Gasteiger partial charge in [-0.15, -0.1) is 0 Å². The van der Waals surface area contributed by atoms with E-state index in [0.29, 0.717) is 49.1 Å². The summed E-state index contributed by atoms with van der Waals surface area (Å²) >= 11 is 0. The molecule has 1 N–H and O–H groups in total. The lowest BCUT2D eigenvalue weighted by Gasteiger charge is -2.28. The Labute approximate surface area is 195 Å². The second-order valence-corrected chi connectivity index (χ2v) is 8.57. The number of morpholine rings is 1. The van der Waals surface area contributed by atoms with Crippen LogP contribution in [0.3, 0.4) is 0 Å². The van der Waals surface area contributed by atoms with Gasteiger partial charge in [0.15, 0.2) is 0 Å². The number of methoxy groups -OCH3 is 1. The van der Waals surface area contributed by atoms with E-state index in [1.807, 2.05) is 42.5 Å². The Morgan fingerprint density at radius 1 is 0.970 bits per heavy atom. The van der Waals surface area contributed by atoms with E-state index in [-0.39, 0.29) is 17.5 Å². The van der Waals surface area contributed by atoms with Gasteiger partial charge in [0, 0.05) is 37.4 Å². The molecule has 2 heterocycles. The molecule has 0 saturated carbocycles. The predicted molar refractivity (Wildman–Crippen MR) is 128 cm³/mol. The fraction of sp³-hybridized carbons (Fsp3) is 0.385. The smallest absolute Gasteiger partial charge is 0.278 e. The molecule has 1 fully saturated rings. The summed E-state index contributed by atoms with van der Waals surface area (Å²) < 4.78 is 10.9.